The number of hydrogen-bond donors (Lipinski definition) is 1. The predicted molar refractivity (Wildman–Crippen MR) is 88.7 cm³/mol. The molecule has 2 rings (SSSR count). The summed E-state index contributed by atoms with van der Waals surface area (Å²) in [6, 6.07) is 0. The Morgan fingerprint density at radius 1 is 1.00 bits per heavy atom. The number of carbonyl (C=O) groups excluding carboxylic acids is 1. The number of rotatable bonds is 2. The van der Waals surface area contributed by atoms with Gasteiger partial charge in [-0.25, -0.2) is 0 Å². The van der Waals surface area contributed by atoms with Gasteiger partial charge in [0, 0.05) is 12.5 Å². The number of nitrogens with one attached hydrogen (secondary N) is 1. The molecule has 2 aliphatic rings. The van der Waals surface area contributed by atoms with E-state index in [0.29, 0.717) is 0 Å². The van der Waals surface area contributed by atoms with Crippen LogP contribution in [0.2, 0.25) is 0 Å². The van der Waals surface area contributed by atoms with E-state index in [-0.39, 0.29) is 11.3 Å². The molecule has 0 fully saturated rings. The molecule has 0 saturated heterocycles. The molecule has 0 radical (unpaired) electrons. The standard InChI is InChI=1S/C19H23NO/c1-15-7-5-11-18(2,13-9-15)16-8-6-12-19(3,14-10-16)17(21)20-4/h5-14H,1-4H3,(H,20,21). The lowest BCUT2D eigenvalue weighted by molar-refractivity contribution is -0.125. The van der Waals surface area contributed by atoms with Gasteiger partial charge in [-0.05, 0) is 26.3 Å². The molecule has 21 heavy (non-hydrogen) atoms. The normalized spacial score (nSPS) is 31.2. The fourth-order valence-corrected chi connectivity index (χ4v) is 2.51. The molecule has 1 amide bonds. The fraction of sp³-hybridized carbons (Fsp3) is 0.316. The largest absolute Gasteiger partial charge is 0.358 e. The quantitative estimate of drug-likeness (QED) is 0.818. The highest BCUT2D eigenvalue weighted by atomic mass is 16.2. The Labute approximate surface area is 127 Å². The highest BCUT2D eigenvalue weighted by molar-refractivity contribution is 5.86. The summed E-state index contributed by atoms with van der Waals surface area (Å²) in [4.78, 5) is 12.0. The van der Waals surface area contributed by atoms with Crippen LogP contribution in [0.25, 0.3) is 0 Å². The molecule has 0 spiro atoms. The Morgan fingerprint density at radius 3 is 2.43 bits per heavy atom. The summed E-state index contributed by atoms with van der Waals surface area (Å²) in [6.07, 6.45) is 20.8. The summed E-state index contributed by atoms with van der Waals surface area (Å²) >= 11 is 0. The van der Waals surface area contributed by atoms with Gasteiger partial charge in [0.05, 0.1) is 5.41 Å². The second kappa shape index (κ2) is 5.72. The molecule has 2 unspecified atom stereocenters. The molecule has 110 valence electrons. The highest BCUT2D eigenvalue weighted by Gasteiger charge is 2.29. The van der Waals surface area contributed by atoms with Crippen molar-refractivity contribution in [3.8, 4) is 0 Å². The van der Waals surface area contributed by atoms with Crippen LogP contribution in [-0.2, 0) is 4.79 Å². The maximum Gasteiger partial charge on any atom is 0.233 e. The van der Waals surface area contributed by atoms with Crippen LogP contribution in [0.15, 0.2) is 71.9 Å². The van der Waals surface area contributed by atoms with Crippen LogP contribution < -0.4 is 5.32 Å². The first-order chi connectivity index (χ1) is 9.89. The molecule has 0 heterocycles. The molecule has 0 aromatic carbocycles. The van der Waals surface area contributed by atoms with E-state index in [4.69, 9.17) is 0 Å². The van der Waals surface area contributed by atoms with Crippen molar-refractivity contribution in [2.45, 2.75) is 20.8 Å². The lowest BCUT2D eigenvalue weighted by Crippen LogP contribution is -2.33. The zero-order chi connectivity index (χ0) is 15.5. The third kappa shape index (κ3) is 3.15. The average Bonchev–Trinajstić information content (AvgIpc) is 2.77. The van der Waals surface area contributed by atoms with Crippen molar-refractivity contribution in [3.63, 3.8) is 0 Å². The van der Waals surface area contributed by atoms with Crippen LogP contribution in [0.5, 0.6) is 0 Å². The Balaban J connectivity index is 2.34. The second-order valence-corrected chi connectivity index (χ2v) is 6.06. The molecule has 2 heteroatoms. The molecular formula is C19H23NO. The summed E-state index contributed by atoms with van der Waals surface area (Å²) in [5.74, 6) is -0.000681. The van der Waals surface area contributed by atoms with Gasteiger partial charge in [0.15, 0.2) is 0 Å². The SMILES string of the molecule is CNC(=O)C1(C)C=CC=C(C2(C)C=CC=C(C)C=C2)C=C1. The molecule has 2 nitrogen and oxygen atoms in total. The van der Waals surface area contributed by atoms with E-state index >= 15 is 0 Å². The Morgan fingerprint density at radius 2 is 1.71 bits per heavy atom. The zero-order valence-electron chi connectivity index (χ0n) is 13.2. The van der Waals surface area contributed by atoms with Gasteiger partial charge in [-0.15, -0.1) is 0 Å². The molecule has 0 saturated carbocycles. The lowest BCUT2D eigenvalue weighted by atomic mass is 9.80. The maximum absolute atomic E-state index is 12.0. The van der Waals surface area contributed by atoms with Crippen molar-refractivity contribution in [2.24, 2.45) is 10.8 Å². The van der Waals surface area contributed by atoms with Crippen molar-refractivity contribution in [1.29, 1.82) is 0 Å². The first-order valence-corrected chi connectivity index (χ1v) is 7.26. The minimum absolute atomic E-state index is 0.000681. The van der Waals surface area contributed by atoms with Gasteiger partial charge in [0.25, 0.3) is 0 Å². The van der Waals surface area contributed by atoms with Gasteiger partial charge in [0.2, 0.25) is 5.91 Å². The van der Waals surface area contributed by atoms with Crippen LogP contribution >= 0.6 is 0 Å². The van der Waals surface area contributed by atoms with Crippen LogP contribution in [0.1, 0.15) is 20.8 Å². The van der Waals surface area contributed by atoms with Crippen LogP contribution in [-0.4, -0.2) is 13.0 Å². The molecule has 0 aromatic rings. The maximum atomic E-state index is 12.0. The number of carbonyl (C=O) groups is 1. The first kappa shape index (κ1) is 15.3. The first-order valence-electron chi connectivity index (χ1n) is 7.26. The minimum atomic E-state index is -0.602. The highest BCUT2D eigenvalue weighted by Crippen LogP contribution is 2.36. The molecule has 1 N–H and O–H groups in total. The molecule has 2 atom stereocenters. The van der Waals surface area contributed by atoms with Gasteiger partial charge in [-0.2, -0.15) is 0 Å². The molecule has 0 aliphatic heterocycles. The van der Waals surface area contributed by atoms with Gasteiger partial charge in [0.1, 0.15) is 0 Å². The third-order valence-corrected chi connectivity index (χ3v) is 4.16. The average molecular weight is 281 g/mol. The summed E-state index contributed by atoms with van der Waals surface area (Å²) in [7, 11) is 1.67. The van der Waals surface area contributed by atoms with E-state index < -0.39 is 5.41 Å². The minimum Gasteiger partial charge on any atom is -0.358 e. The fourth-order valence-electron chi connectivity index (χ4n) is 2.51. The molecule has 0 aromatic heterocycles. The van der Waals surface area contributed by atoms with E-state index in [1.54, 1.807) is 7.05 Å². The van der Waals surface area contributed by atoms with E-state index in [1.165, 1.54) is 11.1 Å². The second-order valence-electron chi connectivity index (χ2n) is 6.06. The van der Waals surface area contributed by atoms with Crippen LogP contribution in [0, 0.1) is 10.8 Å². The van der Waals surface area contributed by atoms with E-state index in [9.17, 15) is 4.79 Å². The van der Waals surface area contributed by atoms with Gasteiger partial charge in [-0.1, -0.05) is 66.3 Å². The van der Waals surface area contributed by atoms with Crippen LogP contribution in [0.3, 0.4) is 0 Å². The number of allylic oxidation sites excluding steroid dienone is 10. The van der Waals surface area contributed by atoms with Crippen molar-refractivity contribution >= 4 is 5.91 Å². The summed E-state index contributed by atoms with van der Waals surface area (Å²) in [6.45, 7) is 6.19. The zero-order valence-corrected chi connectivity index (χ0v) is 13.2. The number of amides is 1. The van der Waals surface area contributed by atoms with Gasteiger partial charge in [-0.3, -0.25) is 4.79 Å². The monoisotopic (exact) mass is 281 g/mol. The predicted octanol–water partition coefficient (Wildman–Crippen LogP) is 3.87. The Hall–Kier alpha value is -2.09. The van der Waals surface area contributed by atoms with Crippen molar-refractivity contribution in [2.75, 3.05) is 7.05 Å². The summed E-state index contributed by atoms with van der Waals surface area (Å²) in [5, 5.41) is 2.72. The van der Waals surface area contributed by atoms with Crippen molar-refractivity contribution in [1.82, 2.24) is 5.32 Å². The van der Waals surface area contributed by atoms with Crippen molar-refractivity contribution < 1.29 is 4.79 Å². The Bertz CT molecular complexity index is 615. The van der Waals surface area contributed by atoms with E-state index in [1.807, 2.05) is 25.2 Å². The molecule has 2 aliphatic carbocycles. The molecular weight excluding hydrogens is 258 g/mol. The van der Waals surface area contributed by atoms with Crippen molar-refractivity contribution in [3.05, 3.63) is 71.9 Å². The van der Waals surface area contributed by atoms with Crippen LogP contribution in [0.4, 0.5) is 0 Å². The Kier molecular flexibility index (Phi) is 4.17. The third-order valence-electron chi connectivity index (χ3n) is 4.16. The number of hydrogen-bond acceptors (Lipinski definition) is 1. The summed E-state index contributed by atoms with van der Waals surface area (Å²) < 4.78 is 0. The topological polar surface area (TPSA) is 29.1 Å². The smallest absolute Gasteiger partial charge is 0.233 e. The van der Waals surface area contributed by atoms with Gasteiger partial charge < -0.3 is 5.32 Å². The van der Waals surface area contributed by atoms with E-state index in [2.05, 4.69) is 61.7 Å². The summed E-state index contributed by atoms with van der Waals surface area (Å²) in [5.41, 5.74) is 1.64. The lowest BCUT2D eigenvalue weighted by Gasteiger charge is -2.24. The molecule has 0 bridgehead atoms. The van der Waals surface area contributed by atoms with E-state index in [0.717, 1.165) is 0 Å². The van der Waals surface area contributed by atoms with Gasteiger partial charge >= 0.3 is 0 Å².